The normalized spacial score (nSPS) is 13.3. The maximum atomic E-state index is 12.9. The Balaban J connectivity index is 1.72. The average molecular weight is 518 g/mol. The van der Waals surface area contributed by atoms with Crippen molar-refractivity contribution in [1.29, 1.82) is 0 Å². The first-order chi connectivity index (χ1) is 17.6. The van der Waals surface area contributed by atoms with Gasteiger partial charge in [0.2, 0.25) is 0 Å². The number of alkyl halides is 3. The number of nitrogens with one attached hydrogen (secondary N) is 1. The van der Waals surface area contributed by atoms with Crippen LogP contribution in [-0.2, 0) is 38.3 Å². The van der Waals surface area contributed by atoms with Gasteiger partial charge in [-0.2, -0.15) is 13.2 Å². The Labute approximate surface area is 213 Å². The van der Waals surface area contributed by atoms with Gasteiger partial charge in [-0.05, 0) is 42.2 Å². The molecule has 0 radical (unpaired) electrons. The number of ether oxygens (including phenoxy) is 2. The number of benzene rings is 2. The summed E-state index contributed by atoms with van der Waals surface area (Å²) < 4.78 is 54.8. The van der Waals surface area contributed by atoms with Gasteiger partial charge in [0.25, 0.3) is 0 Å². The summed E-state index contributed by atoms with van der Waals surface area (Å²) in [5.74, 6) is -0.185. The molecule has 9 heteroatoms. The van der Waals surface area contributed by atoms with Gasteiger partial charge in [0.05, 0.1) is 12.7 Å². The molecule has 37 heavy (non-hydrogen) atoms. The number of carbonyl (C=O) groups excluding carboxylic acids is 2. The highest BCUT2D eigenvalue weighted by atomic mass is 19.4. The second-order valence-corrected chi connectivity index (χ2v) is 9.06. The minimum atomic E-state index is -4.43. The van der Waals surface area contributed by atoms with Gasteiger partial charge in [-0.3, -0.25) is 14.9 Å². The first kappa shape index (κ1) is 28.0. The molecule has 3 rings (SSSR count). The van der Waals surface area contributed by atoms with E-state index in [4.69, 9.17) is 13.9 Å². The maximum Gasteiger partial charge on any atom is 0.416 e. The van der Waals surface area contributed by atoms with Crippen LogP contribution in [0.5, 0.6) is 0 Å². The number of carbonyl (C=O) groups is 2. The molecule has 0 saturated heterocycles. The number of hydrogen-bond acceptors (Lipinski definition) is 6. The molecule has 0 bridgehead atoms. The summed E-state index contributed by atoms with van der Waals surface area (Å²) in [6.45, 7) is 4.01. The molecule has 2 aromatic carbocycles. The molecule has 1 heterocycles. The summed E-state index contributed by atoms with van der Waals surface area (Å²) in [4.78, 5) is 25.5. The molecular weight excluding hydrogens is 487 g/mol. The summed E-state index contributed by atoms with van der Waals surface area (Å²) >= 11 is 0. The van der Waals surface area contributed by atoms with Gasteiger partial charge in [-0.25, -0.2) is 0 Å². The summed E-state index contributed by atoms with van der Waals surface area (Å²) in [5, 5.41) is 3.06. The first-order valence-electron chi connectivity index (χ1n) is 11.9. The number of furan rings is 1. The largest absolute Gasteiger partial charge is 0.468 e. The highest BCUT2D eigenvalue weighted by Gasteiger charge is 2.31. The molecule has 0 saturated carbocycles. The predicted octanol–water partition coefficient (Wildman–Crippen LogP) is 5.80. The molecule has 0 aliphatic carbocycles. The van der Waals surface area contributed by atoms with E-state index >= 15 is 0 Å². The molecule has 0 fully saturated rings. The summed E-state index contributed by atoms with van der Waals surface area (Å²) in [6.07, 6.45) is -3.94. The molecular formula is C28H30F3NO5. The number of rotatable bonds is 11. The Hall–Kier alpha value is -3.59. The van der Waals surface area contributed by atoms with Crippen molar-refractivity contribution in [2.75, 3.05) is 7.11 Å². The van der Waals surface area contributed by atoms with Crippen LogP contribution in [0.3, 0.4) is 0 Å². The molecule has 1 unspecified atom stereocenters. The minimum absolute atomic E-state index is 0.0634. The quantitative estimate of drug-likeness (QED) is 0.324. The Morgan fingerprint density at radius 3 is 2.19 bits per heavy atom. The molecule has 0 aliphatic heterocycles. The number of hydrogen-bond donors (Lipinski definition) is 1. The number of esters is 2. The van der Waals surface area contributed by atoms with Gasteiger partial charge in [-0.1, -0.05) is 56.3 Å². The van der Waals surface area contributed by atoms with Gasteiger partial charge in [0.15, 0.2) is 0 Å². The molecule has 198 valence electrons. The molecule has 1 aromatic heterocycles. The van der Waals surface area contributed by atoms with Gasteiger partial charge in [-0.15, -0.1) is 0 Å². The third-order valence-electron chi connectivity index (χ3n) is 5.67. The van der Waals surface area contributed by atoms with Crippen LogP contribution in [0.15, 0.2) is 71.1 Å². The zero-order valence-corrected chi connectivity index (χ0v) is 20.9. The van der Waals surface area contributed by atoms with Crippen molar-refractivity contribution in [2.24, 2.45) is 5.92 Å². The fourth-order valence-corrected chi connectivity index (χ4v) is 3.80. The lowest BCUT2D eigenvalue weighted by Crippen LogP contribution is -2.49. The van der Waals surface area contributed by atoms with E-state index < -0.39 is 35.8 Å². The first-order valence-corrected chi connectivity index (χ1v) is 11.9. The van der Waals surface area contributed by atoms with Crippen molar-refractivity contribution in [2.45, 2.75) is 51.6 Å². The van der Waals surface area contributed by atoms with Crippen molar-refractivity contribution in [3.8, 4) is 11.3 Å². The lowest BCUT2D eigenvalue weighted by Gasteiger charge is -2.24. The van der Waals surface area contributed by atoms with Crippen molar-refractivity contribution in [3.05, 3.63) is 83.6 Å². The fraction of sp³-hybridized carbons (Fsp3) is 0.357. The number of halogens is 3. The van der Waals surface area contributed by atoms with E-state index in [0.717, 1.165) is 17.7 Å². The molecule has 1 N–H and O–H groups in total. The maximum absolute atomic E-state index is 12.9. The second kappa shape index (κ2) is 12.6. The standard InChI is InChI=1S/C28H30F3NO5/c1-18(2)15-23(27(34)36-17-19-7-5-4-6-8-19)32-24(26(33)35-3)16-22-13-14-25(37-22)20-9-11-21(12-10-20)28(29,30)31/h4-14,18,23-24,32H,15-17H2,1-3H3/t23-,24?/m0/s1. The van der Waals surface area contributed by atoms with Crippen LogP contribution >= 0.6 is 0 Å². The van der Waals surface area contributed by atoms with Crippen LogP contribution in [-0.4, -0.2) is 31.1 Å². The van der Waals surface area contributed by atoms with Crippen LogP contribution in [0.25, 0.3) is 11.3 Å². The van der Waals surface area contributed by atoms with Crippen molar-refractivity contribution < 1.29 is 36.7 Å². The van der Waals surface area contributed by atoms with Gasteiger partial charge in [0, 0.05) is 12.0 Å². The van der Waals surface area contributed by atoms with Gasteiger partial charge < -0.3 is 13.9 Å². The Morgan fingerprint density at radius 2 is 1.59 bits per heavy atom. The van der Waals surface area contributed by atoms with E-state index in [1.807, 2.05) is 44.2 Å². The van der Waals surface area contributed by atoms with Crippen molar-refractivity contribution in [1.82, 2.24) is 5.32 Å². The molecule has 0 aliphatic rings. The smallest absolute Gasteiger partial charge is 0.416 e. The zero-order valence-electron chi connectivity index (χ0n) is 20.9. The van der Waals surface area contributed by atoms with Crippen LogP contribution in [0, 0.1) is 5.92 Å². The molecule has 0 spiro atoms. The summed E-state index contributed by atoms with van der Waals surface area (Å²) in [5.41, 5.74) is 0.548. The topological polar surface area (TPSA) is 77.8 Å². The van der Waals surface area contributed by atoms with Crippen molar-refractivity contribution >= 4 is 11.9 Å². The zero-order chi connectivity index (χ0) is 27.0. The van der Waals surface area contributed by atoms with E-state index in [-0.39, 0.29) is 18.9 Å². The summed E-state index contributed by atoms with van der Waals surface area (Å²) in [6, 6.07) is 15.4. The molecule has 3 aromatic rings. The highest BCUT2D eigenvalue weighted by Crippen LogP contribution is 2.31. The monoisotopic (exact) mass is 517 g/mol. The minimum Gasteiger partial charge on any atom is -0.468 e. The van der Waals surface area contributed by atoms with E-state index in [0.29, 0.717) is 23.5 Å². The molecule has 0 amide bonds. The third-order valence-corrected chi connectivity index (χ3v) is 5.67. The highest BCUT2D eigenvalue weighted by molar-refractivity contribution is 5.80. The Kier molecular flexibility index (Phi) is 9.52. The number of methoxy groups -OCH3 is 1. The van der Waals surface area contributed by atoms with Gasteiger partial charge >= 0.3 is 18.1 Å². The lowest BCUT2D eigenvalue weighted by molar-refractivity contribution is -0.150. The summed E-state index contributed by atoms with van der Waals surface area (Å²) in [7, 11) is 1.25. The predicted molar refractivity (Wildman–Crippen MR) is 131 cm³/mol. The SMILES string of the molecule is COC(=O)C(Cc1ccc(-c2ccc(C(F)(F)F)cc2)o1)N[C@@H](CC(C)C)C(=O)OCc1ccccc1. The fourth-order valence-electron chi connectivity index (χ4n) is 3.80. The van der Waals surface area contributed by atoms with E-state index in [2.05, 4.69) is 5.32 Å². The van der Waals surface area contributed by atoms with Crippen LogP contribution in [0.1, 0.15) is 37.2 Å². The Bertz CT molecular complexity index is 1160. The average Bonchev–Trinajstić information content (AvgIpc) is 3.34. The van der Waals surface area contributed by atoms with Crippen LogP contribution in [0.2, 0.25) is 0 Å². The van der Waals surface area contributed by atoms with Crippen LogP contribution < -0.4 is 5.32 Å². The Morgan fingerprint density at radius 1 is 0.919 bits per heavy atom. The van der Waals surface area contributed by atoms with E-state index in [1.165, 1.54) is 19.2 Å². The van der Waals surface area contributed by atoms with Crippen molar-refractivity contribution in [3.63, 3.8) is 0 Å². The second-order valence-electron chi connectivity index (χ2n) is 9.06. The third kappa shape index (κ3) is 8.21. The molecule has 2 atom stereocenters. The lowest BCUT2D eigenvalue weighted by atomic mass is 10.0. The van der Waals surface area contributed by atoms with E-state index in [9.17, 15) is 22.8 Å². The van der Waals surface area contributed by atoms with Crippen LogP contribution in [0.4, 0.5) is 13.2 Å². The van der Waals surface area contributed by atoms with E-state index in [1.54, 1.807) is 12.1 Å². The molecule has 6 nitrogen and oxygen atoms in total. The van der Waals surface area contributed by atoms with Gasteiger partial charge in [0.1, 0.15) is 30.2 Å².